The van der Waals surface area contributed by atoms with Gasteiger partial charge in [0.15, 0.2) is 5.52 Å². The Morgan fingerprint density at radius 3 is 2.85 bits per heavy atom. The van der Waals surface area contributed by atoms with E-state index in [0.717, 1.165) is 8.95 Å². The first-order valence-electron chi connectivity index (χ1n) is 3.38. The van der Waals surface area contributed by atoms with Gasteiger partial charge in [-0.25, -0.2) is 4.63 Å². The number of methoxy groups -OCH3 is 1. The number of hydrogen-bond donors (Lipinski definition) is 0. The van der Waals surface area contributed by atoms with Crippen molar-refractivity contribution in [1.29, 1.82) is 0 Å². The van der Waals surface area contributed by atoms with E-state index in [9.17, 15) is 0 Å². The van der Waals surface area contributed by atoms with E-state index in [4.69, 9.17) is 4.74 Å². The predicted molar refractivity (Wildman–Crippen MR) is 53.8 cm³/mol. The first-order valence-corrected chi connectivity index (χ1v) is 4.97. The molecule has 1 heterocycles. The SMILES string of the molecule is COc1c(Br)cc2nonc2c1Br. The van der Waals surface area contributed by atoms with E-state index >= 15 is 0 Å². The maximum atomic E-state index is 5.15. The molecule has 68 valence electrons. The maximum Gasteiger partial charge on any atom is 0.153 e. The summed E-state index contributed by atoms with van der Waals surface area (Å²) in [7, 11) is 1.59. The van der Waals surface area contributed by atoms with E-state index in [-0.39, 0.29) is 0 Å². The fourth-order valence-corrected chi connectivity index (χ4v) is 2.52. The van der Waals surface area contributed by atoms with Crippen LogP contribution in [-0.2, 0) is 0 Å². The topological polar surface area (TPSA) is 48.2 Å². The summed E-state index contributed by atoms with van der Waals surface area (Å²) >= 11 is 6.70. The van der Waals surface area contributed by atoms with Gasteiger partial charge in [-0.05, 0) is 48.2 Å². The minimum Gasteiger partial charge on any atom is -0.494 e. The molecule has 0 bridgehead atoms. The quantitative estimate of drug-likeness (QED) is 0.813. The molecule has 0 saturated heterocycles. The lowest BCUT2D eigenvalue weighted by Crippen LogP contribution is -1.87. The van der Waals surface area contributed by atoms with Gasteiger partial charge in [-0.2, -0.15) is 0 Å². The Morgan fingerprint density at radius 1 is 1.38 bits per heavy atom. The first-order chi connectivity index (χ1) is 6.24. The van der Waals surface area contributed by atoms with Crippen LogP contribution >= 0.6 is 31.9 Å². The van der Waals surface area contributed by atoms with Crippen LogP contribution in [0.4, 0.5) is 0 Å². The summed E-state index contributed by atoms with van der Waals surface area (Å²) in [4.78, 5) is 0. The number of fused-ring (bicyclic) bond motifs is 1. The third-order valence-corrected chi connectivity index (χ3v) is 2.93. The van der Waals surface area contributed by atoms with E-state index in [1.807, 2.05) is 0 Å². The highest BCUT2D eigenvalue weighted by molar-refractivity contribution is 9.11. The maximum absolute atomic E-state index is 5.15. The van der Waals surface area contributed by atoms with Crippen molar-refractivity contribution in [3.63, 3.8) is 0 Å². The lowest BCUT2D eigenvalue weighted by atomic mass is 10.3. The average Bonchev–Trinajstić information content (AvgIpc) is 2.53. The molecule has 1 aromatic heterocycles. The highest BCUT2D eigenvalue weighted by Gasteiger charge is 2.14. The lowest BCUT2D eigenvalue weighted by Gasteiger charge is -2.04. The number of aromatic nitrogens is 2. The third-order valence-electron chi connectivity index (χ3n) is 1.61. The van der Waals surface area contributed by atoms with Gasteiger partial charge in [0.1, 0.15) is 11.3 Å². The monoisotopic (exact) mass is 306 g/mol. The summed E-state index contributed by atoms with van der Waals surface area (Å²) in [6.45, 7) is 0. The predicted octanol–water partition coefficient (Wildman–Crippen LogP) is 2.76. The van der Waals surface area contributed by atoms with Crippen LogP contribution in [0.5, 0.6) is 5.75 Å². The van der Waals surface area contributed by atoms with Crippen LogP contribution in [0.2, 0.25) is 0 Å². The second kappa shape index (κ2) is 3.26. The highest BCUT2D eigenvalue weighted by atomic mass is 79.9. The number of hydrogen-bond acceptors (Lipinski definition) is 4. The molecule has 0 fully saturated rings. The number of benzene rings is 1. The highest BCUT2D eigenvalue weighted by Crippen LogP contribution is 2.37. The molecule has 0 unspecified atom stereocenters. The number of ether oxygens (including phenoxy) is 1. The molecule has 0 N–H and O–H groups in total. The van der Waals surface area contributed by atoms with Gasteiger partial charge in [-0.3, -0.25) is 0 Å². The van der Waals surface area contributed by atoms with Crippen LogP contribution in [0.15, 0.2) is 19.6 Å². The zero-order valence-electron chi connectivity index (χ0n) is 6.54. The molecule has 0 atom stereocenters. The average molecular weight is 308 g/mol. The molecular formula is C7H4Br2N2O2. The van der Waals surface area contributed by atoms with Crippen LogP contribution in [0.25, 0.3) is 11.0 Å². The lowest BCUT2D eigenvalue weighted by molar-refractivity contribution is 0.315. The van der Waals surface area contributed by atoms with Crippen molar-refractivity contribution in [3.05, 3.63) is 15.0 Å². The summed E-state index contributed by atoms with van der Waals surface area (Å²) in [5, 5.41) is 7.45. The zero-order chi connectivity index (χ0) is 9.42. The Bertz CT molecular complexity index is 455. The van der Waals surface area contributed by atoms with Gasteiger partial charge in [-0.1, -0.05) is 0 Å². The molecular weight excluding hydrogens is 304 g/mol. The van der Waals surface area contributed by atoms with Crippen molar-refractivity contribution in [1.82, 2.24) is 10.3 Å². The van der Waals surface area contributed by atoms with Gasteiger partial charge in [0, 0.05) is 0 Å². The summed E-state index contributed by atoms with van der Waals surface area (Å²) in [6, 6.07) is 1.79. The molecule has 0 amide bonds. The Kier molecular flexibility index (Phi) is 2.25. The van der Waals surface area contributed by atoms with E-state index in [1.165, 1.54) is 0 Å². The first kappa shape index (κ1) is 8.96. The van der Waals surface area contributed by atoms with E-state index < -0.39 is 0 Å². The van der Waals surface area contributed by atoms with Gasteiger partial charge in [-0.15, -0.1) is 0 Å². The molecule has 0 aliphatic heterocycles. The van der Waals surface area contributed by atoms with Gasteiger partial charge in [0.2, 0.25) is 0 Å². The van der Waals surface area contributed by atoms with Gasteiger partial charge >= 0.3 is 0 Å². The standard InChI is InChI=1S/C7H4Br2N2O2/c1-12-7-3(8)2-4-6(5(7)9)11-13-10-4/h2H,1H3. The number of halogens is 2. The third kappa shape index (κ3) is 1.34. The molecule has 0 aliphatic carbocycles. The van der Waals surface area contributed by atoms with Crippen molar-refractivity contribution >= 4 is 42.9 Å². The van der Waals surface area contributed by atoms with E-state index in [0.29, 0.717) is 16.8 Å². The van der Waals surface area contributed by atoms with Crippen molar-refractivity contribution in [2.24, 2.45) is 0 Å². The van der Waals surface area contributed by atoms with Crippen LogP contribution < -0.4 is 4.74 Å². The van der Waals surface area contributed by atoms with Gasteiger partial charge in [0.25, 0.3) is 0 Å². The molecule has 2 rings (SSSR count). The summed E-state index contributed by atoms with van der Waals surface area (Å²) < 4.78 is 11.3. The summed E-state index contributed by atoms with van der Waals surface area (Å²) in [5.74, 6) is 0.684. The largest absolute Gasteiger partial charge is 0.494 e. The molecule has 13 heavy (non-hydrogen) atoms. The van der Waals surface area contributed by atoms with Crippen LogP contribution in [0.3, 0.4) is 0 Å². The molecule has 0 saturated carbocycles. The Morgan fingerprint density at radius 2 is 2.15 bits per heavy atom. The molecule has 4 nitrogen and oxygen atoms in total. The van der Waals surface area contributed by atoms with Crippen molar-refractivity contribution < 1.29 is 9.37 Å². The smallest absolute Gasteiger partial charge is 0.153 e. The van der Waals surface area contributed by atoms with Crippen LogP contribution in [0.1, 0.15) is 0 Å². The second-order valence-corrected chi connectivity index (χ2v) is 3.98. The molecule has 0 spiro atoms. The Balaban J connectivity index is 2.85. The van der Waals surface area contributed by atoms with Crippen LogP contribution in [0, 0.1) is 0 Å². The zero-order valence-corrected chi connectivity index (χ0v) is 9.72. The van der Waals surface area contributed by atoms with E-state index in [2.05, 4.69) is 46.8 Å². The molecule has 6 heteroatoms. The van der Waals surface area contributed by atoms with Crippen molar-refractivity contribution in [3.8, 4) is 5.75 Å². The summed E-state index contributed by atoms with van der Waals surface area (Å²) in [6.07, 6.45) is 0. The normalized spacial score (nSPS) is 10.7. The molecule has 0 aliphatic rings. The Hall–Kier alpha value is -0.620. The van der Waals surface area contributed by atoms with E-state index in [1.54, 1.807) is 13.2 Å². The summed E-state index contributed by atoms with van der Waals surface area (Å²) in [5.41, 5.74) is 1.33. The fourth-order valence-electron chi connectivity index (χ4n) is 1.03. The number of nitrogens with zero attached hydrogens (tertiary/aromatic N) is 2. The second-order valence-electron chi connectivity index (χ2n) is 2.34. The fraction of sp³-hybridized carbons (Fsp3) is 0.143. The molecule has 1 aromatic carbocycles. The minimum atomic E-state index is 0.653. The van der Waals surface area contributed by atoms with Gasteiger partial charge < -0.3 is 4.74 Å². The van der Waals surface area contributed by atoms with Gasteiger partial charge in [0.05, 0.1) is 16.1 Å². The Labute approximate surface area is 90.5 Å². The number of rotatable bonds is 1. The minimum absolute atomic E-state index is 0.653. The van der Waals surface area contributed by atoms with Crippen molar-refractivity contribution in [2.45, 2.75) is 0 Å². The molecule has 0 radical (unpaired) electrons. The molecule has 2 aromatic rings. The van der Waals surface area contributed by atoms with Crippen molar-refractivity contribution in [2.75, 3.05) is 7.11 Å². The van der Waals surface area contributed by atoms with Crippen LogP contribution in [-0.4, -0.2) is 17.4 Å².